The first-order valence-corrected chi connectivity index (χ1v) is 3.51. The van der Waals surface area contributed by atoms with Crippen LogP contribution in [0, 0.1) is 71.0 Å². The number of rotatable bonds is 0. The molecule has 0 rings (SSSR count). The van der Waals surface area contributed by atoms with Crippen molar-refractivity contribution in [2.75, 3.05) is 0 Å². The second-order valence-corrected chi connectivity index (χ2v) is 2.23. The number of nitrogens with zero attached hydrogens (tertiary/aromatic N) is 6. The Morgan fingerprint density at radius 3 is 0.600 bits per heavy atom. The average molecular weight is 413 g/mol. The van der Waals surface area contributed by atoms with Crippen LogP contribution in [0.1, 0.15) is 1.43 Å². The van der Waals surface area contributed by atoms with Gasteiger partial charge in [0.05, 0.1) is 0 Å². The van der Waals surface area contributed by atoms with Gasteiger partial charge in [0.25, 0.3) is 0 Å². The van der Waals surface area contributed by atoms with E-state index < -0.39 is 4.30 Å². The van der Waals surface area contributed by atoms with Crippen LogP contribution < -0.4 is 57.5 Å². The first-order chi connectivity index (χ1) is 7.73. The van der Waals surface area contributed by atoms with E-state index >= 15 is 0 Å². The third-order valence-electron chi connectivity index (χ3n) is 0. The van der Waals surface area contributed by atoms with Crippen molar-refractivity contribution in [1.82, 2.24) is 6.15 Å². The minimum atomic E-state index is -0.750. The van der Waals surface area contributed by atoms with Gasteiger partial charge in [-0.1, -0.05) is 34.8 Å². The molecule has 112 valence electrons. The van der Waals surface area contributed by atoms with Crippen molar-refractivity contribution in [2.24, 2.45) is 0 Å². The van der Waals surface area contributed by atoms with E-state index in [2.05, 4.69) is 39.4 Å². The molecule has 0 aromatic carbocycles. The second-order valence-electron chi connectivity index (χ2n) is 0.247. The third kappa shape index (κ3) is 391000. The van der Waals surface area contributed by atoms with Crippen LogP contribution in [0.2, 0.25) is 0 Å². The molecule has 0 heterocycles. The minimum Gasteiger partial charge on any atom is -1.00 e. The molecule has 20 heavy (non-hydrogen) atoms. The molecular formula is C7H13Cl3FeKN7O. The van der Waals surface area contributed by atoms with E-state index in [-0.39, 0.29) is 81.5 Å². The molecule has 0 atom stereocenters. The Labute approximate surface area is 189 Å². The molecule has 13 heteroatoms. The maximum Gasteiger partial charge on any atom is 1.00 e. The number of alkyl halides is 3. The van der Waals surface area contributed by atoms with E-state index in [9.17, 15) is 0 Å². The van der Waals surface area contributed by atoms with Crippen molar-refractivity contribution >= 4 is 34.8 Å². The SMILES string of the molecule is C#N.C#N.C#N.C#N.C#N.C#N.ClC(Cl)Cl.N.O.[Fe].[H-].[K+]. The number of nitriles is 6. The van der Waals surface area contributed by atoms with Crippen molar-refractivity contribution in [3.63, 3.8) is 0 Å². The quantitative estimate of drug-likeness (QED) is 0.398. The summed E-state index contributed by atoms with van der Waals surface area (Å²) in [4.78, 5) is 0. The summed E-state index contributed by atoms with van der Waals surface area (Å²) in [5.41, 5.74) is 0. The van der Waals surface area contributed by atoms with E-state index in [4.69, 9.17) is 66.4 Å². The van der Waals surface area contributed by atoms with Gasteiger partial charge in [-0.25, -0.2) is 31.6 Å². The Kier molecular flexibility index (Phi) is 3260. The molecule has 0 aromatic rings. The van der Waals surface area contributed by atoms with Gasteiger partial charge in [-0.2, -0.15) is 0 Å². The zero-order valence-corrected chi connectivity index (χ0v) is 16.9. The Balaban J connectivity index is -0.00000000443. The standard InChI is InChI=1S/CHCl3.6CHN.Fe.K.H3N.H2O.H/c2-1(3)4;6*1-2;;;;;/h1H;6*1H;;;1H3;1H2;/q;;;;;;;;+1;;;-1. The summed E-state index contributed by atoms with van der Waals surface area (Å²) in [7, 11) is 0. The summed E-state index contributed by atoms with van der Waals surface area (Å²) >= 11 is 14.4. The maximum atomic E-state index is 6.50. The zero-order chi connectivity index (χ0) is 15.6. The van der Waals surface area contributed by atoms with E-state index in [1.807, 2.05) is 0 Å². The topological polar surface area (TPSA) is 209 Å². The van der Waals surface area contributed by atoms with Crippen molar-refractivity contribution in [3.05, 3.63) is 0 Å². The molecule has 8 nitrogen and oxygen atoms in total. The van der Waals surface area contributed by atoms with Gasteiger partial charge < -0.3 is 13.1 Å². The number of halogens is 3. The summed E-state index contributed by atoms with van der Waals surface area (Å²) in [6, 6.07) is 0. The first-order valence-electron chi connectivity index (χ1n) is 2.20. The number of hydrogen-bond acceptors (Lipinski definition) is 7. The molecule has 0 radical (unpaired) electrons. The molecule has 0 amide bonds. The van der Waals surface area contributed by atoms with Gasteiger partial charge >= 0.3 is 51.4 Å². The number of hydrogen-bond donors (Lipinski definition) is 1. The van der Waals surface area contributed by atoms with Gasteiger partial charge in [0, 0.05) is 56.5 Å². The summed E-state index contributed by atoms with van der Waals surface area (Å²) < 4.78 is -0.750. The molecule has 0 aromatic heterocycles. The summed E-state index contributed by atoms with van der Waals surface area (Å²) in [5, 5.41) is 39.0. The Morgan fingerprint density at radius 1 is 0.600 bits per heavy atom. The van der Waals surface area contributed by atoms with E-state index in [1.54, 1.807) is 0 Å². The van der Waals surface area contributed by atoms with Crippen LogP contribution in [0.25, 0.3) is 0 Å². The minimum absolute atomic E-state index is 0. The first kappa shape index (κ1) is 89.8. The molecule has 5 N–H and O–H groups in total. The van der Waals surface area contributed by atoms with Crippen molar-refractivity contribution < 1.29 is 75.4 Å². The molecule has 0 bridgehead atoms. The average Bonchev–Trinajstić information content (AvgIpc) is 2.42. The van der Waals surface area contributed by atoms with Crippen LogP contribution in [0.3, 0.4) is 0 Å². The molecule has 0 aliphatic heterocycles. The van der Waals surface area contributed by atoms with Gasteiger partial charge in [-0.15, -0.1) is 0 Å². The predicted molar refractivity (Wildman–Crippen MR) is 71.1 cm³/mol. The van der Waals surface area contributed by atoms with Crippen molar-refractivity contribution in [2.45, 2.75) is 4.30 Å². The van der Waals surface area contributed by atoms with Crippen LogP contribution in [-0.2, 0) is 17.1 Å². The fraction of sp³-hybridized carbons (Fsp3) is 0.143. The third-order valence-corrected chi connectivity index (χ3v) is 0. The van der Waals surface area contributed by atoms with Crippen LogP contribution in [0.4, 0.5) is 0 Å². The Morgan fingerprint density at radius 2 is 0.600 bits per heavy atom. The zero-order valence-electron chi connectivity index (χ0n) is 11.4. The van der Waals surface area contributed by atoms with E-state index in [0.29, 0.717) is 0 Å². The molecule has 0 fully saturated rings. The van der Waals surface area contributed by atoms with Gasteiger partial charge in [0.2, 0.25) is 0 Å². The second kappa shape index (κ2) is 725. The molecule has 0 aliphatic carbocycles. The fourth-order valence-electron chi connectivity index (χ4n) is 0. The predicted octanol–water partition coefficient (Wildman–Crippen LogP) is -0.724. The van der Waals surface area contributed by atoms with E-state index in [1.165, 1.54) is 0 Å². The largest absolute Gasteiger partial charge is 1.00 e. The van der Waals surface area contributed by atoms with Gasteiger partial charge in [-0.05, 0) is 0 Å². The molecule has 0 spiro atoms. The molecule has 0 saturated heterocycles. The Bertz CT molecular complexity index is 153. The van der Waals surface area contributed by atoms with Crippen LogP contribution in [0.5, 0.6) is 0 Å². The van der Waals surface area contributed by atoms with Gasteiger partial charge in [0.1, 0.15) is 0 Å². The fourth-order valence-corrected chi connectivity index (χ4v) is 0. The van der Waals surface area contributed by atoms with Gasteiger partial charge in [0.15, 0.2) is 4.30 Å². The molecule has 0 saturated carbocycles. The normalized spacial score (nSPS) is 2.40. The summed E-state index contributed by atoms with van der Waals surface area (Å²) in [6.45, 7) is 21.0. The summed E-state index contributed by atoms with van der Waals surface area (Å²) in [5.74, 6) is 0. The smallest absolute Gasteiger partial charge is 1.00 e. The van der Waals surface area contributed by atoms with Crippen LogP contribution >= 0.6 is 34.8 Å². The van der Waals surface area contributed by atoms with Crippen LogP contribution in [-0.4, -0.2) is 9.77 Å². The molecule has 0 unspecified atom stereocenters. The van der Waals surface area contributed by atoms with Crippen LogP contribution in [0.15, 0.2) is 0 Å². The monoisotopic (exact) mass is 411 g/mol. The molecule has 0 aliphatic rings. The Hall–Kier alpha value is -0.114. The summed E-state index contributed by atoms with van der Waals surface area (Å²) in [6.07, 6.45) is 0. The van der Waals surface area contributed by atoms with E-state index in [0.717, 1.165) is 0 Å². The van der Waals surface area contributed by atoms with Crippen molar-refractivity contribution in [1.29, 1.82) is 31.6 Å². The molecular weight excluding hydrogens is 399 g/mol. The van der Waals surface area contributed by atoms with Crippen molar-refractivity contribution in [3.8, 4) is 39.4 Å². The van der Waals surface area contributed by atoms with Gasteiger partial charge in [-0.3, -0.25) is 0 Å². The maximum absolute atomic E-state index is 6.50.